The van der Waals surface area contributed by atoms with Gasteiger partial charge in [-0.3, -0.25) is 14.9 Å². The summed E-state index contributed by atoms with van der Waals surface area (Å²) in [5.74, 6) is 0.0140. The Morgan fingerprint density at radius 2 is 1.97 bits per heavy atom. The molecule has 0 fully saturated rings. The summed E-state index contributed by atoms with van der Waals surface area (Å²) in [7, 11) is 1.61. The SMILES string of the molecule is COc1cccc([C@@H]2C(C(=O)Nc3nc4ccccc4s3)=C(C)NC3=C2C(=O)CC(C)(C)C3)c1. The number of methoxy groups -OCH3 is 1. The lowest BCUT2D eigenvalue weighted by atomic mass is 9.68. The number of Topliss-reactive ketones (excluding diaryl/α,β-unsaturated/α-hetero) is 1. The second-order valence-electron chi connectivity index (χ2n) is 9.65. The number of aromatic nitrogens is 1. The average Bonchev–Trinajstić information content (AvgIpc) is 3.19. The molecule has 5 rings (SSSR count). The van der Waals surface area contributed by atoms with Crippen LogP contribution in [-0.4, -0.2) is 23.8 Å². The predicted octanol–water partition coefficient (Wildman–Crippen LogP) is 5.55. The molecule has 1 aliphatic heterocycles. The lowest BCUT2D eigenvalue weighted by Crippen LogP contribution is -2.39. The molecule has 0 saturated carbocycles. The van der Waals surface area contributed by atoms with Crippen molar-refractivity contribution >= 4 is 38.4 Å². The van der Waals surface area contributed by atoms with Crippen LogP contribution in [0.1, 0.15) is 45.1 Å². The van der Waals surface area contributed by atoms with Crippen LogP contribution >= 0.6 is 11.3 Å². The van der Waals surface area contributed by atoms with Crippen LogP contribution in [0.4, 0.5) is 5.13 Å². The molecule has 3 aromatic rings. The summed E-state index contributed by atoms with van der Waals surface area (Å²) in [5, 5.41) is 6.93. The molecule has 1 aromatic heterocycles. The van der Waals surface area contributed by atoms with Crippen LogP contribution in [0.2, 0.25) is 0 Å². The fraction of sp³-hybridized carbons (Fsp3) is 0.296. The van der Waals surface area contributed by atoms with E-state index >= 15 is 0 Å². The van der Waals surface area contributed by atoms with Gasteiger partial charge in [0.1, 0.15) is 5.75 Å². The van der Waals surface area contributed by atoms with Crippen molar-refractivity contribution in [2.75, 3.05) is 12.4 Å². The molecule has 1 atom stereocenters. The molecule has 2 heterocycles. The van der Waals surface area contributed by atoms with Crippen LogP contribution in [0.3, 0.4) is 0 Å². The van der Waals surface area contributed by atoms with E-state index in [4.69, 9.17) is 4.74 Å². The van der Waals surface area contributed by atoms with E-state index in [2.05, 4.69) is 29.5 Å². The average molecular weight is 474 g/mol. The van der Waals surface area contributed by atoms with Gasteiger partial charge in [-0.2, -0.15) is 0 Å². The topological polar surface area (TPSA) is 80.3 Å². The molecule has 34 heavy (non-hydrogen) atoms. The van der Waals surface area contributed by atoms with Gasteiger partial charge in [0.25, 0.3) is 5.91 Å². The van der Waals surface area contributed by atoms with Crippen molar-refractivity contribution in [3.63, 3.8) is 0 Å². The lowest BCUT2D eigenvalue weighted by Gasteiger charge is -2.39. The van der Waals surface area contributed by atoms with Crippen molar-refractivity contribution in [2.45, 2.75) is 39.5 Å². The molecule has 2 aliphatic rings. The maximum atomic E-state index is 13.7. The Labute approximate surface area is 202 Å². The van der Waals surface area contributed by atoms with Gasteiger partial charge in [0.15, 0.2) is 10.9 Å². The van der Waals surface area contributed by atoms with E-state index in [0.717, 1.165) is 33.6 Å². The van der Waals surface area contributed by atoms with Crippen LogP contribution < -0.4 is 15.4 Å². The number of nitrogens with one attached hydrogen (secondary N) is 2. The Morgan fingerprint density at radius 1 is 1.18 bits per heavy atom. The minimum atomic E-state index is -0.482. The number of hydrogen-bond donors (Lipinski definition) is 2. The highest BCUT2D eigenvalue weighted by atomic mass is 32.1. The summed E-state index contributed by atoms with van der Waals surface area (Å²) in [6.45, 7) is 6.10. The van der Waals surface area contributed by atoms with E-state index in [1.807, 2.05) is 55.5 Å². The molecule has 174 valence electrons. The van der Waals surface area contributed by atoms with Gasteiger partial charge in [-0.05, 0) is 48.6 Å². The molecule has 0 unspecified atom stereocenters. The second kappa shape index (κ2) is 8.40. The third-order valence-corrected chi connectivity index (χ3v) is 7.38. The van der Waals surface area contributed by atoms with E-state index in [0.29, 0.717) is 28.4 Å². The highest BCUT2D eigenvalue weighted by Crippen LogP contribution is 2.47. The van der Waals surface area contributed by atoms with Crippen molar-refractivity contribution in [3.8, 4) is 5.75 Å². The van der Waals surface area contributed by atoms with Crippen molar-refractivity contribution in [1.82, 2.24) is 10.3 Å². The van der Waals surface area contributed by atoms with Crippen LogP contribution in [0.5, 0.6) is 5.75 Å². The Bertz CT molecular complexity index is 1350. The van der Waals surface area contributed by atoms with Gasteiger partial charge in [0.05, 0.1) is 17.3 Å². The van der Waals surface area contributed by atoms with Gasteiger partial charge in [-0.25, -0.2) is 4.98 Å². The maximum Gasteiger partial charge on any atom is 0.256 e. The Morgan fingerprint density at radius 3 is 2.74 bits per heavy atom. The quantitative estimate of drug-likeness (QED) is 0.519. The predicted molar refractivity (Wildman–Crippen MR) is 135 cm³/mol. The number of hydrogen-bond acceptors (Lipinski definition) is 6. The first-order valence-corrected chi connectivity index (χ1v) is 12.1. The zero-order valence-electron chi connectivity index (χ0n) is 19.7. The summed E-state index contributed by atoms with van der Waals surface area (Å²) >= 11 is 1.43. The number of allylic oxidation sites excluding steroid dienone is 3. The first-order chi connectivity index (χ1) is 16.3. The molecular weight excluding hydrogens is 446 g/mol. The Balaban J connectivity index is 1.59. The number of rotatable bonds is 4. The minimum Gasteiger partial charge on any atom is -0.497 e. The summed E-state index contributed by atoms with van der Waals surface area (Å²) in [5.41, 5.74) is 4.42. The zero-order chi connectivity index (χ0) is 24.0. The minimum absolute atomic E-state index is 0.0735. The number of amides is 1. The highest BCUT2D eigenvalue weighted by molar-refractivity contribution is 7.22. The molecule has 0 saturated heterocycles. The molecule has 6 nitrogen and oxygen atoms in total. The third kappa shape index (κ3) is 4.01. The van der Waals surface area contributed by atoms with Gasteiger partial charge >= 0.3 is 0 Å². The number of ketones is 1. The Hall–Kier alpha value is -3.45. The molecular formula is C27H27N3O3S. The molecule has 2 aromatic carbocycles. The van der Waals surface area contributed by atoms with E-state index in [-0.39, 0.29) is 17.1 Å². The number of nitrogens with zero attached hydrogens (tertiary/aromatic N) is 1. The zero-order valence-corrected chi connectivity index (χ0v) is 20.5. The molecule has 0 radical (unpaired) electrons. The van der Waals surface area contributed by atoms with E-state index in [9.17, 15) is 9.59 Å². The van der Waals surface area contributed by atoms with Crippen molar-refractivity contribution in [2.24, 2.45) is 5.41 Å². The van der Waals surface area contributed by atoms with Gasteiger partial charge in [-0.1, -0.05) is 49.4 Å². The van der Waals surface area contributed by atoms with Gasteiger partial charge in [-0.15, -0.1) is 0 Å². The molecule has 1 aliphatic carbocycles. The maximum absolute atomic E-state index is 13.7. The molecule has 1 amide bonds. The lowest BCUT2D eigenvalue weighted by molar-refractivity contribution is -0.118. The number of dihydropyridines is 1. The normalized spacial score (nSPS) is 19.6. The molecule has 0 spiro atoms. The van der Waals surface area contributed by atoms with Crippen molar-refractivity contribution in [1.29, 1.82) is 0 Å². The third-order valence-electron chi connectivity index (χ3n) is 6.43. The standard InChI is InChI=1S/C27H27N3O3S/c1-15-22(25(32)30-26-29-18-10-5-6-11-21(18)34-26)23(16-8-7-9-17(12-16)33-4)24-19(28-15)13-27(2,3)14-20(24)31/h5-12,23,28H,13-14H2,1-4H3,(H,29,30,32)/t23-/m1/s1. The van der Waals surface area contributed by atoms with Gasteiger partial charge < -0.3 is 10.1 Å². The van der Waals surface area contributed by atoms with Crippen molar-refractivity contribution < 1.29 is 14.3 Å². The molecule has 7 heteroatoms. The van der Waals surface area contributed by atoms with Crippen LogP contribution in [0.15, 0.2) is 71.1 Å². The molecule has 0 bridgehead atoms. The van der Waals surface area contributed by atoms with E-state index in [1.165, 1.54) is 11.3 Å². The Kier molecular flexibility index (Phi) is 5.52. The van der Waals surface area contributed by atoms with Gasteiger partial charge in [0.2, 0.25) is 0 Å². The first-order valence-electron chi connectivity index (χ1n) is 11.3. The number of anilines is 1. The number of thiazole rings is 1. The van der Waals surface area contributed by atoms with Crippen LogP contribution in [-0.2, 0) is 9.59 Å². The van der Waals surface area contributed by atoms with Crippen LogP contribution in [0.25, 0.3) is 10.2 Å². The van der Waals surface area contributed by atoms with E-state index in [1.54, 1.807) is 7.11 Å². The number of carbonyl (C=O) groups is 2. The summed E-state index contributed by atoms with van der Waals surface area (Å²) in [6, 6.07) is 15.4. The van der Waals surface area contributed by atoms with Crippen LogP contribution in [0, 0.1) is 5.41 Å². The van der Waals surface area contributed by atoms with Gasteiger partial charge in [0, 0.05) is 34.9 Å². The molecule has 2 N–H and O–H groups in total. The number of benzene rings is 2. The number of ether oxygens (including phenoxy) is 1. The summed E-state index contributed by atoms with van der Waals surface area (Å²) in [4.78, 5) is 31.7. The fourth-order valence-corrected chi connectivity index (χ4v) is 5.84. The van der Waals surface area contributed by atoms with E-state index < -0.39 is 5.92 Å². The smallest absolute Gasteiger partial charge is 0.256 e. The summed E-state index contributed by atoms with van der Waals surface area (Å²) < 4.78 is 6.46. The summed E-state index contributed by atoms with van der Waals surface area (Å²) in [6.07, 6.45) is 1.19. The largest absolute Gasteiger partial charge is 0.497 e. The fourth-order valence-electron chi connectivity index (χ4n) is 4.98. The monoisotopic (exact) mass is 473 g/mol. The second-order valence-corrected chi connectivity index (χ2v) is 10.7. The highest BCUT2D eigenvalue weighted by Gasteiger charge is 2.42. The first kappa shape index (κ1) is 22.3. The van der Waals surface area contributed by atoms with Crippen molar-refractivity contribution in [3.05, 3.63) is 76.6 Å². The number of fused-ring (bicyclic) bond motifs is 1. The number of para-hydroxylation sites is 1. The number of carbonyl (C=O) groups excluding carboxylic acids is 2.